The number of likely N-dealkylation sites (tertiary alicyclic amines) is 1. The number of guanidine groups is 1. The molecular formula is C25H38IN5O2. The Labute approximate surface area is 214 Å². The first-order valence-electron chi connectivity index (χ1n) is 12.4. The van der Waals surface area contributed by atoms with Crippen LogP contribution in [0.2, 0.25) is 0 Å². The summed E-state index contributed by atoms with van der Waals surface area (Å²) in [6.07, 6.45) is 8.32. The number of anilines is 1. The highest BCUT2D eigenvalue weighted by molar-refractivity contribution is 14.0. The van der Waals surface area contributed by atoms with Crippen molar-refractivity contribution < 1.29 is 9.59 Å². The average Bonchev–Trinajstić information content (AvgIpc) is 3.47. The molecule has 0 aromatic heterocycles. The van der Waals surface area contributed by atoms with Gasteiger partial charge in [-0.2, -0.15) is 0 Å². The summed E-state index contributed by atoms with van der Waals surface area (Å²) in [4.78, 5) is 33.4. The lowest BCUT2D eigenvalue weighted by Gasteiger charge is -2.26. The molecule has 2 heterocycles. The van der Waals surface area contributed by atoms with Crippen LogP contribution in [0.15, 0.2) is 29.3 Å². The smallest absolute Gasteiger partial charge is 0.227 e. The second-order valence-corrected chi connectivity index (χ2v) is 9.26. The Morgan fingerprint density at radius 3 is 2.48 bits per heavy atom. The summed E-state index contributed by atoms with van der Waals surface area (Å²) in [6, 6.07) is 8.37. The van der Waals surface area contributed by atoms with Gasteiger partial charge in [0.2, 0.25) is 11.8 Å². The van der Waals surface area contributed by atoms with Gasteiger partial charge in [-0.1, -0.05) is 31.4 Å². The molecule has 2 N–H and O–H groups in total. The number of aliphatic imine (C=N–C) groups is 1. The van der Waals surface area contributed by atoms with E-state index in [0.29, 0.717) is 18.9 Å². The number of amides is 2. The zero-order chi connectivity index (χ0) is 22.3. The Kier molecular flexibility index (Phi) is 9.82. The summed E-state index contributed by atoms with van der Waals surface area (Å²) in [7, 11) is 0. The van der Waals surface area contributed by atoms with Crippen LogP contribution in [0.25, 0.3) is 0 Å². The van der Waals surface area contributed by atoms with E-state index in [0.717, 1.165) is 69.1 Å². The second kappa shape index (κ2) is 12.6. The molecule has 2 aliphatic heterocycles. The van der Waals surface area contributed by atoms with E-state index in [1.807, 2.05) is 29.2 Å². The zero-order valence-electron chi connectivity index (χ0n) is 19.7. The Morgan fingerprint density at radius 2 is 1.82 bits per heavy atom. The molecule has 1 aliphatic carbocycles. The summed E-state index contributed by atoms with van der Waals surface area (Å²) in [6.45, 7) is 5.83. The molecule has 33 heavy (non-hydrogen) atoms. The van der Waals surface area contributed by atoms with Crippen molar-refractivity contribution in [1.29, 1.82) is 0 Å². The van der Waals surface area contributed by atoms with E-state index in [-0.39, 0.29) is 41.8 Å². The lowest BCUT2D eigenvalue weighted by Crippen LogP contribution is -2.45. The summed E-state index contributed by atoms with van der Waals surface area (Å²) in [5.74, 6) is 1.60. The van der Waals surface area contributed by atoms with Gasteiger partial charge in [0.15, 0.2) is 5.96 Å². The minimum atomic E-state index is 0. The van der Waals surface area contributed by atoms with Crippen LogP contribution in [0.1, 0.15) is 63.9 Å². The highest BCUT2D eigenvalue weighted by atomic mass is 127. The van der Waals surface area contributed by atoms with Gasteiger partial charge in [-0.3, -0.25) is 9.59 Å². The van der Waals surface area contributed by atoms with Crippen LogP contribution < -0.4 is 15.5 Å². The molecule has 2 saturated heterocycles. The normalized spacial score (nSPS) is 21.8. The number of nitrogens with zero attached hydrogens (tertiary/aromatic N) is 3. The Hall–Kier alpha value is -1.84. The van der Waals surface area contributed by atoms with Gasteiger partial charge >= 0.3 is 0 Å². The van der Waals surface area contributed by atoms with Crippen molar-refractivity contribution in [3.05, 3.63) is 29.8 Å². The Morgan fingerprint density at radius 1 is 1.06 bits per heavy atom. The fraction of sp³-hybridized carbons (Fsp3) is 0.640. The monoisotopic (exact) mass is 567 g/mol. The largest absolute Gasteiger partial charge is 0.357 e. The molecule has 7 nitrogen and oxygen atoms in total. The van der Waals surface area contributed by atoms with E-state index >= 15 is 0 Å². The summed E-state index contributed by atoms with van der Waals surface area (Å²) in [5, 5.41) is 6.86. The second-order valence-electron chi connectivity index (χ2n) is 9.26. The minimum absolute atomic E-state index is 0. The van der Waals surface area contributed by atoms with Crippen LogP contribution in [0.3, 0.4) is 0 Å². The maximum atomic E-state index is 12.8. The predicted molar refractivity (Wildman–Crippen MR) is 143 cm³/mol. The third-order valence-corrected chi connectivity index (χ3v) is 6.88. The van der Waals surface area contributed by atoms with Gasteiger partial charge < -0.3 is 20.4 Å². The van der Waals surface area contributed by atoms with E-state index in [9.17, 15) is 9.59 Å². The van der Waals surface area contributed by atoms with Crippen molar-refractivity contribution in [3.63, 3.8) is 0 Å². The van der Waals surface area contributed by atoms with Gasteiger partial charge in [0.1, 0.15) is 0 Å². The van der Waals surface area contributed by atoms with Crippen molar-refractivity contribution in [3.8, 4) is 0 Å². The van der Waals surface area contributed by atoms with E-state index < -0.39 is 0 Å². The minimum Gasteiger partial charge on any atom is -0.357 e. The van der Waals surface area contributed by atoms with Crippen LogP contribution in [-0.2, 0) is 16.1 Å². The molecule has 1 saturated carbocycles. The zero-order valence-corrected chi connectivity index (χ0v) is 22.1. The highest BCUT2D eigenvalue weighted by Gasteiger charge is 2.31. The molecule has 0 spiro atoms. The highest BCUT2D eigenvalue weighted by Crippen LogP contribution is 2.27. The first-order valence-corrected chi connectivity index (χ1v) is 12.4. The van der Waals surface area contributed by atoms with Gasteiger partial charge in [0.05, 0.1) is 6.54 Å². The Balaban J connectivity index is 0.00000306. The predicted octanol–water partition coefficient (Wildman–Crippen LogP) is 3.67. The fourth-order valence-electron chi connectivity index (χ4n) is 5.07. The summed E-state index contributed by atoms with van der Waals surface area (Å²) >= 11 is 0. The molecule has 1 aromatic rings. The maximum Gasteiger partial charge on any atom is 0.227 e. The number of carbonyl (C=O) groups is 2. The quantitative estimate of drug-likeness (QED) is 0.313. The van der Waals surface area contributed by atoms with Gasteiger partial charge in [0.25, 0.3) is 0 Å². The number of carbonyl (C=O) groups excluding carboxylic acids is 2. The number of benzene rings is 1. The van der Waals surface area contributed by atoms with Gasteiger partial charge in [-0.15, -0.1) is 24.0 Å². The standard InChI is InChI=1S/C25H37N5O2.HI/c1-2-26-25(27-17-19-10-12-22(13-11-19)30-15-6-9-23(30)31)28-21-14-16-29(18-21)24(32)20-7-4-3-5-8-20;/h10-13,20-21H,2-9,14-18H2,1H3,(H2,26,27,28);1H. The molecule has 0 bridgehead atoms. The van der Waals surface area contributed by atoms with Crippen molar-refractivity contribution in [1.82, 2.24) is 15.5 Å². The molecule has 3 aliphatic rings. The number of rotatable bonds is 6. The average molecular weight is 568 g/mol. The van der Waals surface area contributed by atoms with Gasteiger partial charge in [-0.05, 0) is 50.3 Å². The molecule has 2 amide bonds. The van der Waals surface area contributed by atoms with E-state index in [4.69, 9.17) is 4.99 Å². The van der Waals surface area contributed by atoms with Crippen LogP contribution in [0.4, 0.5) is 5.69 Å². The fourth-order valence-corrected chi connectivity index (χ4v) is 5.07. The molecule has 1 aromatic carbocycles. The summed E-state index contributed by atoms with van der Waals surface area (Å²) < 4.78 is 0. The Bertz CT molecular complexity index is 823. The lowest BCUT2D eigenvalue weighted by atomic mass is 9.88. The topological polar surface area (TPSA) is 77.0 Å². The summed E-state index contributed by atoms with van der Waals surface area (Å²) in [5.41, 5.74) is 2.08. The maximum absolute atomic E-state index is 12.8. The van der Waals surface area contributed by atoms with Crippen molar-refractivity contribution in [2.45, 2.75) is 70.9 Å². The van der Waals surface area contributed by atoms with Crippen LogP contribution in [0, 0.1) is 5.92 Å². The molecule has 3 fully saturated rings. The first-order chi connectivity index (χ1) is 15.6. The molecule has 4 rings (SSSR count). The molecule has 1 unspecified atom stereocenters. The first kappa shape index (κ1) is 25.8. The van der Waals surface area contributed by atoms with Crippen molar-refractivity contribution >= 4 is 47.4 Å². The molecule has 182 valence electrons. The van der Waals surface area contributed by atoms with Crippen LogP contribution >= 0.6 is 24.0 Å². The van der Waals surface area contributed by atoms with Crippen LogP contribution in [0.5, 0.6) is 0 Å². The van der Waals surface area contributed by atoms with E-state index in [1.165, 1.54) is 19.3 Å². The van der Waals surface area contributed by atoms with Crippen molar-refractivity contribution in [2.24, 2.45) is 10.9 Å². The van der Waals surface area contributed by atoms with Gasteiger partial charge in [-0.25, -0.2) is 4.99 Å². The third kappa shape index (κ3) is 6.83. The number of nitrogens with one attached hydrogen (secondary N) is 2. The third-order valence-electron chi connectivity index (χ3n) is 6.88. The van der Waals surface area contributed by atoms with Gasteiger partial charge in [0, 0.05) is 50.2 Å². The number of hydrogen-bond acceptors (Lipinski definition) is 3. The number of hydrogen-bond donors (Lipinski definition) is 2. The lowest BCUT2D eigenvalue weighted by molar-refractivity contribution is -0.135. The van der Waals surface area contributed by atoms with Crippen molar-refractivity contribution in [2.75, 3.05) is 31.1 Å². The molecule has 0 radical (unpaired) electrons. The molecule has 8 heteroatoms. The molecular weight excluding hydrogens is 529 g/mol. The van der Waals surface area contributed by atoms with E-state index in [2.05, 4.69) is 22.5 Å². The SMILES string of the molecule is CCNC(=NCc1ccc(N2CCCC2=O)cc1)NC1CCN(C(=O)C2CCCCC2)C1.I. The number of halogens is 1. The van der Waals surface area contributed by atoms with Crippen LogP contribution in [-0.4, -0.2) is 54.9 Å². The van der Waals surface area contributed by atoms with E-state index in [1.54, 1.807) is 0 Å². The molecule has 1 atom stereocenters.